The second-order valence-electron chi connectivity index (χ2n) is 3.04. The van der Waals surface area contributed by atoms with Gasteiger partial charge in [-0.05, 0) is 12.1 Å². The molecular weight excluding hydrogens is 213 g/mol. The highest BCUT2D eigenvalue weighted by atomic mass is 32.1. The molecule has 0 saturated carbocycles. The van der Waals surface area contributed by atoms with Crippen LogP contribution in [0.4, 0.5) is 4.39 Å². The van der Waals surface area contributed by atoms with Gasteiger partial charge in [0, 0.05) is 17.1 Å². The van der Waals surface area contributed by atoms with Crippen LogP contribution < -0.4 is 0 Å². The van der Waals surface area contributed by atoms with Gasteiger partial charge in [-0.25, -0.2) is 9.37 Å². The average molecular weight is 221 g/mol. The van der Waals surface area contributed by atoms with Crippen LogP contribution in [0.1, 0.15) is 15.4 Å². The molecule has 0 radical (unpaired) electrons. The van der Waals surface area contributed by atoms with Crippen LogP contribution in [0.15, 0.2) is 35.8 Å². The van der Waals surface area contributed by atoms with E-state index in [1.54, 1.807) is 12.3 Å². The number of aromatic nitrogens is 1. The predicted octanol–water partition coefficient (Wildman–Crippen LogP) is 2.71. The van der Waals surface area contributed by atoms with Gasteiger partial charge in [0.05, 0.1) is 6.42 Å². The molecule has 2 nitrogen and oxygen atoms in total. The monoisotopic (exact) mass is 221 g/mol. The van der Waals surface area contributed by atoms with Crippen molar-refractivity contribution < 1.29 is 9.18 Å². The molecule has 76 valence electrons. The van der Waals surface area contributed by atoms with Crippen molar-refractivity contribution in [3.8, 4) is 0 Å². The summed E-state index contributed by atoms with van der Waals surface area (Å²) in [6.07, 6.45) is 1.89. The highest BCUT2D eigenvalue weighted by molar-refractivity contribution is 7.09. The van der Waals surface area contributed by atoms with Crippen molar-refractivity contribution in [2.24, 2.45) is 0 Å². The molecule has 2 aromatic rings. The molecule has 0 bridgehead atoms. The maximum absolute atomic E-state index is 12.8. The van der Waals surface area contributed by atoms with E-state index in [0.717, 1.165) is 5.01 Å². The van der Waals surface area contributed by atoms with Crippen LogP contribution in [0.5, 0.6) is 0 Å². The molecule has 0 amide bonds. The lowest BCUT2D eigenvalue weighted by atomic mass is 10.1. The molecule has 1 aromatic heterocycles. The number of ketones is 1. The molecular formula is C11H8FNOS. The minimum Gasteiger partial charge on any atom is -0.294 e. The van der Waals surface area contributed by atoms with Gasteiger partial charge in [0.2, 0.25) is 0 Å². The van der Waals surface area contributed by atoms with E-state index in [2.05, 4.69) is 4.98 Å². The van der Waals surface area contributed by atoms with Gasteiger partial charge in [0.1, 0.15) is 10.8 Å². The molecule has 0 fully saturated rings. The lowest BCUT2D eigenvalue weighted by Gasteiger charge is -1.98. The normalized spacial score (nSPS) is 10.2. The largest absolute Gasteiger partial charge is 0.294 e. The minimum atomic E-state index is -0.389. The summed E-state index contributed by atoms with van der Waals surface area (Å²) in [6.45, 7) is 0. The first-order chi connectivity index (χ1) is 7.25. The Morgan fingerprint density at radius 3 is 3.00 bits per heavy atom. The molecule has 0 saturated heterocycles. The van der Waals surface area contributed by atoms with Gasteiger partial charge in [-0.2, -0.15) is 0 Å². The van der Waals surface area contributed by atoms with Gasteiger partial charge in [-0.3, -0.25) is 4.79 Å². The first kappa shape index (κ1) is 9.98. The number of carbonyl (C=O) groups is 1. The molecule has 0 N–H and O–H groups in total. The van der Waals surface area contributed by atoms with Gasteiger partial charge in [0.25, 0.3) is 0 Å². The van der Waals surface area contributed by atoms with Crippen molar-refractivity contribution in [3.63, 3.8) is 0 Å². The Bertz CT molecular complexity index is 467. The molecule has 4 heteroatoms. The van der Waals surface area contributed by atoms with Crippen molar-refractivity contribution in [1.82, 2.24) is 4.98 Å². The minimum absolute atomic E-state index is 0.107. The predicted molar refractivity (Wildman–Crippen MR) is 56.5 cm³/mol. The fraction of sp³-hybridized carbons (Fsp3) is 0.0909. The van der Waals surface area contributed by atoms with E-state index in [1.165, 1.54) is 29.5 Å². The zero-order valence-electron chi connectivity index (χ0n) is 7.81. The van der Waals surface area contributed by atoms with Crippen LogP contribution in [0, 0.1) is 5.82 Å². The van der Waals surface area contributed by atoms with Crippen molar-refractivity contribution in [3.05, 3.63) is 52.2 Å². The van der Waals surface area contributed by atoms with E-state index in [9.17, 15) is 9.18 Å². The van der Waals surface area contributed by atoms with E-state index >= 15 is 0 Å². The van der Waals surface area contributed by atoms with E-state index < -0.39 is 0 Å². The average Bonchev–Trinajstić information content (AvgIpc) is 2.70. The maximum Gasteiger partial charge on any atom is 0.169 e. The van der Waals surface area contributed by atoms with Crippen LogP contribution in [0.25, 0.3) is 0 Å². The number of rotatable bonds is 3. The summed E-state index contributed by atoms with van der Waals surface area (Å²) in [5, 5.41) is 2.57. The third kappa shape index (κ3) is 2.47. The van der Waals surface area contributed by atoms with Gasteiger partial charge < -0.3 is 0 Å². The molecule has 0 aliphatic heterocycles. The summed E-state index contributed by atoms with van der Waals surface area (Å²) in [6, 6.07) is 5.71. The standard InChI is InChI=1S/C11H8FNOS/c12-9-3-1-2-8(6-9)10(14)7-11-13-4-5-15-11/h1-6H,7H2. The Hall–Kier alpha value is -1.55. The first-order valence-corrected chi connectivity index (χ1v) is 5.31. The third-order valence-electron chi connectivity index (χ3n) is 1.94. The molecule has 1 heterocycles. The second-order valence-corrected chi connectivity index (χ2v) is 4.02. The van der Waals surface area contributed by atoms with E-state index in [0.29, 0.717) is 5.56 Å². The van der Waals surface area contributed by atoms with Crippen LogP contribution >= 0.6 is 11.3 Å². The highest BCUT2D eigenvalue weighted by Gasteiger charge is 2.08. The SMILES string of the molecule is O=C(Cc1nccs1)c1cccc(F)c1. The Morgan fingerprint density at radius 2 is 2.33 bits per heavy atom. The van der Waals surface area contributed by atoms with E-state index in [1.807, 2.05) is 5.38 Å². The topological polar surface area (TPSA) is 30.0 Å². The van der Waals surface area contributed by atoms with E-state index in [-0.39, 0.29) is 18.0 Å². The number of thiazole rings is 1. The number of nitrogens with zero attached hydrogens (tertiary/aromatic N) is 1. The third-order valence-corrected chi connectivity index (χ3v) is 2.72. The van der Waals surface area contributed by atoms with Crippen molar-refractivity contribution in [2.45, 2.75) is 6.42 Å². The number of benzene rings is 1. The zero-order valence-corrected chi connectivity index (χ0v) is 8.63. The Morgan fingerprint density at radius 1 is 1.47 bits per heavy atom. The summed E-state index contributed by atoms with van der Waals surface area (Å²) in [7, 11) is 0. The summed E-state index contributed by atoms with van der Waals surface area (Å²) in [5.41, 5.74) is 0.394. The number of hydrogen-bond donors (Lipinski definition) is 0. The highest BCUT2D eigenvalue weighted by Crippen LogP contribution is 2.10. The van der Waals surface area contributed by atoms with Crippen LogP contribution in [0.2, 0.25) is 0 Å². The summed E-state index contributed by atoms with van der Waals surface area (Å²) in [4.78, 5) is 15.7. The number of halogens is 1. The quantitative estimate of drug-likeness (QED) is 0.746. The Balaban J connectivity index is 2.15. The molecule has 2 rings (SSSR count). The molecule has 15 heavy (non-hydrogen) atoms. The molecule has 0 aliphatic rings. The summed E-state index contributed by atoms with van der Waals surface area (Å²) >= 11 is 1.42. The van der Waals surface area contributed by atoms with Crippen LogP contribution in [-0.2, 0) is 6.42 Å². The first-order valence-electron chi connectivity index (χ1n) is 4.43. The lowest BCUT2D eigenvalue weighted by Crippen LogP contribution is -2.03. The fourth-order valence-electron chi connectivity index (χ4n) is 1.24. The molecule has 1 aromatic carbocycles. The van der Waals surface area contributed by atoms with E-state index in [4.69, 9.17) is 0 Å². The van der Waals surface area contributed by atoms with Gasteiger partial charge in [0.15, 0.2) is 5.78 Å². The molecule has 0 spiro atoms. The van der Waals surface area contributed by atoms with Crippen LogP contribution in [-0.4, -0.2) is 10.8 Å². The van der Waals surface area contributed by atoms with Gasteiger partial charge in [-0.15, -0.1) is 11.3 Å². The zero-order chi connectivity index (χ0) is 10.7. The van der Waals surface area contributed by atoms with Crippen LogP contribution in [0.3, 0.4) is 0 Å². The summed E-state index contributed by atoms with van der Waals surface area (Å²) < 4.78 is 12.8. The van der Waals surface area contributed by atoms with Crippen molar-refractivity contribution in [2.75, 3.05) is 0 Å². The number of carbonyl (C=O) groups excluding carboxylic acids is 1. The fourth-order valence-corrected chi connectivity index (χ4v) is 1.86. The Kier molecular flexibility index (Phi) is 2.87. The molecule has 0 atom stereocenters. The second kappa shape index (κ2) is 4.31. The number of hydrogen-bond acceptors (Lipinski definition) is 3. The Labute approximate surface area is 90.4 Å². The smallest absolute Gasteiger partial charge is 0.169 e. The maximum atomic E-state index is 12.8. The molecule has 0 aliphatic carbocycles. The lowest BCUT2D eigenvalue weighted by molar-refractivity contribution is 0.0992. The number of Topliss-reactive ketones (excluding diaryl/α,β-unsaturated/α-hetero) is 1. The van der Waals surface area contributed by atoms with Crippen molar-refractivity contribution in [1.29, 1.82) is 0 Å². The summed E-state index contributed by atoms with van der Waals surface area (Å²) in [5.74, 6) is -0.496. The van der Waals surface area contributed by atoms with Crippen molar-refractivity contribution >= 4 is 17.1 Å². The molecule has 0 unspecified atom stereocenters. The van der Waals surface area contributed by atoms with Gasteiger partial charge in [-0.1, -0.05) is 12.1 Å². The van der Waals surface area contributed by atoms with Gasteiger partial charge >= 0.3 is 0 Å².